The summed E-state index contributed by atoms with van der Waals surface area (Å²) in [7, 11) is -10.0. The zero-order valence-electron chi connectivity index (χ0n) is 64.6. The monoisotopic (exact) mass is 1490 g/mol. The third-order valence-electron chi connectivity index (χ3n) is 15.9. The molecule has 0 saturated carbocycles. The van der Waals surface area contributed by atoms with Crippen LogP contribution in [0.4, 0.5) is 0 Å². The van der Waals surface area contributed by atoms with Gasteiger partial charge in [-0.05, 0) is 167 Å². The highest BCUT2D eigenvalue weighted by molar-refractivity contribution is 7.47. The molecule has 0 bridgehead atoms. The fourth-order valence-electron chi connectivity index (χ4n) is 9.84. The number of ether oxygens (including phenoxy) is 4. The number of carbonyl (C=O) groups excluding carboxylic acids is 4. The summed E-state index contributed by atoms with van der Waals surface area (Å²) >= 11 is 0. The van der Waals surface area contributed by atoms with Gasteiger partial charge in [-0.1, -0.05) is 263 Å². The van der Waals surface area contributed by atoms with Crippen LogP contribution < -0.4 is 0 Å². The van der Waals surface area contributed by atoms with Crippen LogP contribution in [0.2, 0.25) is 0 Å². The molecule has 0 saturated heterocycles. The molecule has 0 aromatic carbocycles. The van der Waals surface area contributed by atoms with E-state index in [1.807, 2.05) is 36.5 Å². The lowest BCUT2D eigenvalue weighted by Crippen LogP contribution is -2.30. The van der Waals surface area contributed by atoms with E-state index in [-0.39, 0.29) is 25.7 Å². The molecular formula is C85H140O17P2. The van der Waals surface area contributed by atoms with E-state index in [1.54, 1.807) is 0 Å². The average molecular weight is 1500 g/mol. The molecule has 17 nitrogen and oxygen atoms in total. The summed E-state index contributed by atoms with van der Waals surface area (Å²) in [6.45, 7) is 4.56. The Labute approximate surface area is 629 Å². The number of phosphoric acid groups is 2. The maximum absolute atomic E-state index is 13.1. The minimum Gasteiger partial charge on any atom is -0.462 e. The van der Waals surface area contributed by atoms with E-state index >= 15 is 0 Å². The Morgan fingerprint density at radius 3 is 0.788 bits per heavy atom. The molecule has 0 heterocycles. The molecule has 0 aliphatic rings. The normalized spacial score (nSPS) is 14.7. The van der Waals surface area contributed by atoms with Crippen molar-refractivity contribution in [3.63, 3.8) is 0 Å². The number of hydrogen-bond acceptors (Lipinski definition) is 15. The summed E-state index contributed by atoms with van der Waals surface area (Å²) in [5.74, 6) is -2.39. The average Bonchev–Trinajstić information content (AvgIpc) is 0.936. The molecule has 592 valence electrons. The van der Waals surface area contributed by atoms with E-state index in [0.717, 1.165) is 116 Å². The van der Waals surface area contributed by atoms with Crippen molar-refractivity contribution in [1.29, 1.82) is 0 Å². The van der Waals surface area contributed by atoms with Gasteiger partial charge in [0, 0.05) is 25.7 Å². The molecule has 104 heavy (non-hydrogen) atoms. The number of rotatable bonds is 73. The summed E-state index contributed by atoms with van der Waals surface area (Å²) in [4.78, 5) is 72.9. The van der Waals surface area contributed by atoms with Crippen LogP contribution in [-0.2, 0) is 65.4 Å². The van der Waals surface area contributed by atoms with Crippen LogP contribution in [0, 0.1) is 0 Å². The van der Waals surface area contributed by atoms with Crippen LogP contribution in [0.3, 0.4) is 0 Å². The summed E-state index contributed by atoms with van der Waals surface area (Å²) < 4.78 is 68.4. The third kappa shape index (κ3) is 74.9. The van der Waals surface area contributed by atoms with E-state index in [4.69, 9.17) is 37.0 Å². The first-order valence-electron chi connectivity index (χ1n) is 39.7. The number of hydrogen-bond donors (Lipinski definition) is 3. The maximum Gasteiger partial charge on any atom is 0.472 e. The summed E-state index contributed by atoms with van der Waals surface area (Å²) in [5, 5.41) is 10.6. The van der Waals surface area contributed by atoms with Gasteiger partial charge in [0.1, 0.15) is 19.3 Å². The van der Waals surface area contributed by atoms with Crippen LogP contribution in [0.5, 0.6) is 0 Å². The lowest BCUT2D eigenvalue weighted by molar-refractivity contribution is -0.161. The predicted molar refractivity (Wildman–Crippen MR) is 427 cm³/mol. The fourth-order valence-corrected chi connectivity index (χ4v) is 11.4. The number of aliphatic hydroxyl groups is 1. The molecule has 0 aromatic rings. The van der Waals surface area contributed by atoms with Gasteiger partial charge >= 0.3 is 39.5 Å². The summed E-state index contributed by atoms with van der Waals surface area (Å²) in [6.07, 6.45) is 88.2. The number of carbonyl (C=O) groups is 4. The van der Waals surface area contributed by atoms with Crippen LogP contribution in [0.15, 0.2) is 158 Å². The van der Waals surface area contributed by atoms with Crippen LogP contribution in [-0.4, -0.2) is 96.7 Å². The highest BCUT2D eigenvalue weighted by Gasteiger charge is 2.30. The molecule has 2 unspecified atom stereocenters. The molecule has 0 radical (unpaired) electrons. The zero-order valence-corrected chi connectivity index (χ0v) is 66.4. The van der Waals surface area contributed by atoms with Crippen LogP contribution in [0.1, 0.15) is 297 Å². The highest BCUT2D eigenvalue weighted by Crippen LogP contribution is 2.45. The maximum atomic E-state index is 13.1. The third-order valence-corrected chi connectivity index (χ3v) is 17.8. The van der Waals surface area contributed by atoms with Gasteiger partial charge in [-0.15, -0.1) is 0 Å². The fraction of sp³-hybridized carbons (Fsp3) is 0.647. The Morgan fingerprint density at radius 1 is 0.269 bits per heavy atom. The second-order valence-electron chi connectivity index (χ2n) is 25.9. The first-order chi connectivity index (χ1) is 50.7. The highest BCUT2D eigenvalue weighted by atomic mass is 31.2. The van der Waals surface area contributed by atoms with Gasteiger partial charge in [0.2, 0.25) is 0 Å². The minimum atomic E-state index is -5.01. The Balaban J connectivity index is 5.53. The summed E-state index contributed by atoms with van der Waals surface area (Å²) in [5.41, 5.74) is 0. The zero-order chi connectivity index (χ0) is 76.0. The number of esters is 4. The van der Waals surface area contributed by atoms with Gasteiger partial charge in [-0.2, -0.15) is 0 Å². The Hall–Kier alpha value is -5.32. The summed E-state index contributed by atoms with van der Waals surface area (Å²) in [6, 6.07) is 0. The number of phosphoric ester groups is 2. The first kappa shape index (κ1) is 98.7. The minimum absolute atomic E-state index is 0.000760. The van der Waals surface area contributed by atoms with Crippen LogP contribution >= 0.6 is 15.6 Å². The molecule has 0 fully saturated rings. The van der Waals surface area contributed by atoms with E-state index in [0.29, 0.717) is 44.9 Å². The molecular weight excluding hydrogens is 1350 g/mol. The Bertz CT molecular complexity index is 2590. The van der Waals surface area contributed by atoms with E-state index in [9.17, 15) is 43.2 Å². The second-order valence-corrected chi connectivity index (χ2v) is 28.8. The Morgan fingerprint density at radius 2 is 0.481 bits per heavy atom. The molecule has 0 aliphatic carbocycles. The SMILES string of the molecule is CCCCC/C=C\C/C=C\C/C=C\C/C=C\CCCC(=O)OC[C@H](COP(=O)(O)OC[C@@H](O)COP(=O)(O)OC[C@@H](COC(=O)CCCCCCC/C=C\CCCCCC)OC(=O)CCC/C=C\C/C=C\C/C=C\C/C=C\CCCCC)OC(=O)CCC/C=C\C/C=C\C/C=C\C/C=C\CCCCC. The van der Waals surface area contributed by atoms with Gasteiger partial charge in [0.15, 0.2) is 12.2 Å². The van der Waals surface area contributed by atoms with E-state index in [1.165, 1.54) is 83.5 Å². The van der Waals surface area contributed by atoms with Crippen molar-refractivity contribution in [3.8, 4) is 0 Å². The molecule has 19 heteroatoms. The molecule has 0 aliphatic heterocycles. The van der Waals surface area contributed by atoms with Gasteiger partial charge in [0.25, 0.3) is 0 Å². The molecule has 0 spiro atoms. The van der Waals surface area contributed by atoms with Gasteiger partial charge in [0.05, 0.1) is 26.4 Å². The van der Waals surface area contributed by atoms with Crippen molar-refractivity contribution < 1.29 is 80.2 Å². The van der Waals surface area contributed by atoms with Crippen molar-refractivity contribution in [1.82, 2.24) is 0 Å². The van der Waals surface area contributed by atoms with E-state index in [2.05, 4.69) is 149 Å². The Kier molecular flexibility index (Phi) is 72.0. The lowest BCUT2D eigenvalue weighted by Gasteiger charge is -2.21. The van der Waals surface area contributed by atoms with Gasteiger partial charge in [-0.3, -0.25) is 37.3 Å². The first-order valence-corrected chi connectivity index (χ1v) is 42.7. The van der Waals surface area contributed by atoms with Crippen molar-refractivity contribution in [2.75, 3.05) is 39.6 Å². The smallest absolute Gasteiger partial charge is 0.462 e. The quantitative estimate of drug-likeness (QED) is 0.0169. The molecule has 0 amide bonds. The van der Waals surface area contributed by atoms with Crippen molar-refractivity contribution in [2.24, 2.45) is 0 Å². The van der Waals surface area contributed by atoms with Crippen LogP contribution in [0.25, 0.3) is 0 Å². The molecule has 0 aromatic heterocycles. The molecule has 5 atom stereocenters. The number of unbranched alkanes of at least 4 members (excludes halogenated alkanes) is 21. The molecule has 0 rings (SSSR count). The van der Waals surface area contributed by atoms with Crippen molar-refractivity contribution >= 4 is 39.5 Å². The number of allylic oxidation sites excluding steroid dienone is 26. The van der Waals surface area contributed by atoms with Gasteiger partial charge in [-0.25, -0.2) is 9.13 Å². The number of aliphatic hydroxyl groups excluding tert-OH is 1. The van der Waals surface area contributed by atoms with Crippen molar-refractivity contribution in [3.05, 3.63) is 158 Å². The van der Waals surface area contributed by atoms with Gasteiger partial charge < -0.3 is 33.8 Å². The lowest BCUT2D eigenvalue weighted by atomic mass is 10.1. The second kappa shape index (κ2) is 75.9. The predicted octanol–water partition coefficient (Wildman–Crippen LogP) is 23.2. The topological polar surface area (TPSA) is 237 Å². The molecule has 3 N–H and O–H groups in total. The standard InChI is InChI=1S/C85H140O17P2/c1-5-9-13-17-21-25-29-33-36-39-42-46-50-54-58-62-66-70-83(88)96-76-81(102-85(90)72-68-64-60-56-52-48-44-41-38-35-31-27-23-19-15-11-7-3)78-100-104(93,94)98-74-79(86)73-97-103(91,92)99-77-80(75-95-82(87)69-65-61-57-53-49-45-32-28-24-20-16-12-8-4)101-84(89)71-67-63-59-55-51-47-43-40-37-34-30-26-22-18-14-10-6-2/h21-23,25-28,32-38,42-44,46-48,54-56,58-60,79-81,86H,5-20,24,29-31,39-41,45,49-53,57,61-78H2,1-4H3,(H,91,92)(H,93,94)/b25-21-,26-22-,27-23-,32-28-,36-33-,37-34-,38-35-,46-42-,47-43-,48-44-,58-54-,59-55-,60-56-/t79-,80+,81+/m0/s1. The van der Waals surface area contributed by atoms with E-state index < -0.39 is 97.5 Å². The largest absolute Gasteiger partial charge is 0.472 e. The van der Waals surface area contributed by atoms with Crippen molar-refractivity contribution in [2.45, 2.75) is 316 Å².